The lowest BCUT2D eigenvalue weighted by Gasteiger charge is -2.34. The maximum Gasteiger partial charge on any atom is -0.0103 e. The van der Waals surface area contributed by atoms with Gasteiger partial charge in [0.1, 0.15) is 0 Å². The van der Waals surface area contributed by atoms with Gasteiger partial charge >= 0.3 is 0 Å². The van der Waals surface area contributed by atoms with E-state index in [1.165, 1.54) is 36.0 Å². The third kappa shape index (κ3) is 6.69. The molecule has 0 spiro atoms. The van der Waals surface area contributed by atoms with E-state index in [2.05, 4.69) is 94.4 Å². The topological polar surface area (TPSA) is 0 Å². The van der Waals surface area contributed by atoms with Crippen LogP contribution in [-0.2, 0) is 16.2 Å². The van der Waals surface area contributed by atoms with Gasteiger partial charge in [-0.2, -0.15) is 0 Å². The fourth-order valence-corrected chi connectivity index (χ4v) is 2.41. The maximum atomic E-state index is 2.44. The highest BCUT2D eigenvalue weighted by Gasteiger charge is 2.28. The monoisotopic (exact) mass is 318 g/mol. The third-order valence-electron chi connectivity index (χ3n) is 4.81. The molecule has 134 valence electrons. The van der Waals surface area contributed by atoms with Gasteiger partial charge in [0.05, 0.1) is 0 Å². The van der Waals surface area contributed by atoms with Gasteiger partial charge in [0.2, 0.25) is 0 Å². The van der Waals surface area contributed by atoms with Gasteiger partial charge in [-0.05, 0) is 39.4 Å². The Morgan fingerprint density at radius 3 is 1.43 bits per heavy atom. The number of hydrogen-bond donors (Lipinski definition) is 0. The van der Waals surface area contributed by atoms with E-state index in [0.717, 1.165) is 0 Å². The van der Waals surface area contributed by atoms with Crippen molar-refractivity contribution in [3.05, 3.63) is 34.9 Å². The van der Waals surface area contributed by atoms with Crippen molar-refractivity contribution in [2.45, 2.75) is 112 Å². The molecule has 1 aromatic rings. The molecule has 0 N–H and O–H groups in total. The zero-order valence-electron chi connectivity index (χ0n) is 17.9. The Bertz CT molecular complexity index is 462. The van der Waals surface area contributed by atoms with Gasteiger partial charge in [0.25, 0.3) is 0 Å². The molecule has 0 nitrogen and oxygen atoms in total. The van der Waals surface area contributed by atoms with Gasteiger partial charge in [0.15, 0.2) is 0 Å². The minimum atomic E-state index is 0.197. The lowest BCUT2D eigenvalue weighted by molar-refractivity contribution is 0.477. The molecule has 0 amide bonds. The average Bonchev–Trinajstić information content (AvgIpc) is 2.45. The lowest BCUT2D eigenvalue weighted by Crippen LogP contribution is -2.25. The zero-order chi connectivity index (χ0) is 18.5. The largest absolute Gasteiger partial charge is 0.0654 e. The molecule has 0 aliphatic carbocycles. The number of benzene rings is 1. The Labute approximate surface area is 147 Å². The summed E-state index contributed by atoms with van der Waals surface area (Å²) in [4.78, 5) is 0. The minimum Gasteiger partial charge on any atom is -0.0654 e. The van der Waals surface area contributed by atoms with Crippen LogP contribution in [0.2, 0.25) is 0 Å². The second kappa shape index (κ2) is 8.36. The normalized spacial score (nSPS) is 12.7. The van der Waals surface area contributed by atoms with Gasteiger partial charge in [-0.25, -0.2) is 0 Å². The molecule has 0 saturated heterocycles. The Morgan fingerprint density at radius 2 is 1.13 bits per heavy atom. The van der Waals surface area contributed by atoms with Gasteiger partial charge in [0, 0.05) is 0 Å². The smallest absolute Gasteiger partial charge is 0.0103 e. The second-order valence-corrected chi connectivity index (χ2v) is 9.50. The number of hydrogen-bond acceptors (Lipinski definition) is 0. The Hall–Kier alpha value is -0.780. The first-order chi connectivity index (χ1) is 10.3. The van der Waals surface area contributed by atoms with Crippen molar-refractivity contribution in [1.29, 1.82) is 0 Å². The molecule has 0 bridgehead atoms. The fraction of sp³-hybridized carbons (Fsp3) is 0.739. The van der Waals surface area contributed by atoms with Crippen LogP contribution in [0.25, 0.3) is 0 Å². The molecular weight excluding hydrogens is 276 g/mol. The molecule has 0 unspecified atom stereocenters. The zero-order valence-corrected chi connectivity index (χ0v) is 17.9. The summed E-state index contributed by atoms with van der Waals surface area (Å²) in [5, 5.41) is 0. The average molecular weight is 319 g/mol. The van der Waals surface area contributed by atoms with E-state index in [4.69, 9.17) is 0 Å². The molecule has 0 heterocycles. The standard InChI is InChI=1S/C19H32.C4H10/c1-10-19(8,9)15-12-11-14(17(2,3)4)13-16(15)18(5,6)7;1-3-4-2/h11-13H,10H2,1-9H3;3-4H2,1-2H3. The SMILES string of the molecule is CCC(C)(C)c1ccc(C(C)(C)C)cc1C(C)(C)C.CCCC. The highest BCUT2D eigenvalue weighted by atomic mass is 14.3. The molecule has 0 saturated carbocycles. The van der Waals surface area contributed by atoms with Crippen LogP contribution in [0.15, 0.2) is 18.2 Å². The molecule has 0 atom stereocenters. The van der Waals surface area contributed by atoms with Crippen molar-refractivity contribution in [2.24, 2.45) is 0 Å². The molecule has 1 rings (SSSR count). The summed E-state index contributed by atoms with van der Waals surface area (Å²) < 4.78 is 0. The van der Waals surface area contributed by atoms with Gasteiger partial charge < -0.3 is 0 Å². The van der Waals surface area contributed by atoms with Crippen molar-refractivity contribution in [2.75, 3.05) is 0 Å². The highest BCUT2D eigenvalue weighted by Crippen LogP contribution is 2.38. The van der Waals surface area contributed by atoms with E-state index in [1.807, 2.05) is 0 Å². The van der Waals surface area contributed by atoms with Crippen LogP contribution in [0.3, 0.4) is 0 Å². The summed E-state index contributed by atoms with van der Waals surface area (Å²) in [6.45, 7) is 25.2. The Balaban J connectivity index is 0.00000108. The highest BCUT2D eigenvalue weighted by molar-refractivity contribution is 5.42. The third-order valence-corrected chi connectivity index (χ3v) is 4.81. The molecule has 1 aromatic carbocycles. The molecule has 0 fully saturated rings. The van der Waals surface area contributed by atoms with E-state index in [1.54, 1.807) is 0 Å². The first kappa shape index (κ1) is 22.2. The summed E-state index contributed by atoms with van der Waals surface area (Å²) in [7, 11) is 0. The van der Waals surface area contributed by atoms with Crippen LogP contribution in [0.4, 0.5) is 0 Å². The van der Waals surface area contributed by atoms with Crippen molar-refractivity contribution in [1.82, 2.24) is 0 Å². The second-order valence-electron chi connectivity index (χ2n) is 9.50. The Morgan fingerprint density at radius 1 is 0.652 bits per heavy atom. The molecular formula is C23H42. The van der Waals surface area contributed by atoms with E-state index >= 15 is 0 Å². The van der Waals surface area contributed by atoms with Crippen LogP contribution >= 0.6 is 0 Å². The lowest BCUT2D eigenvalue weighted by atomic mass is 9.71. The van der Waals surface area contributed by atoms with Crippen molar-refractivity contribution in [3.8, 4) is 0 Å². The quantitative estimate of drug-likeness (QED) is 0.534. The van der Waals surface area contributed by atoms with E-state index in [-0.39, 0.29) is 16.2 Å². The van der Waals surface area contributed by atoms with Crippen LogP contribution in [-0.4, -0.2) is 0 Å². The van der Waals surface area contributed by atoms with Crippen LogP contribution in [0.5, 0.6) is 0 Å². The first-order valence-electron chi connectivity index (χ1n) is 9.46. The van der Waals surface area contributed by atoms with Gasteiger partial charge in [-0.1, -0.05) is 107 Å². The molecule has 0 aliphatic rings. The van der Waals surface area contributed by atoms with Crippen molar-refractivity contribution in [3.63, 3.8) is 0 Å². The Kier molecular flexibility index (Phi) is 8.07. The van der Waals surface area contributed by atoms with E-state index < -0.39 is 0 Å². The molecule has 23 heavy (non-hydrogen) atoms. The van der Waals surface area contributed by atoms with E-state index in [9.17, 15) is 0 Å². The summed E-state index contributed by atoms with van der Waals surface area (Å²) >= 11 is 0. The van der Waals surface area contributed by atoms with Gasteiger partial charge in [-0.3, -0.25) is 0 Å². The van der Waals surface area contributed by atoms with Gasteiger partial charge in [-0.15, -0.1) is 0 Å². The maximum absolute atomic E-state index is 2.44. The van der Waals surface area contributed by atoms with Crippen LogP contribution in [0.1, 0.15) is 112 Å². The summed E-state index contributed by atoms with van der Waals surface area (Å²) in [5.41, 5.74) is 5.12. The number of rotatable bonds is 3. The van der Waals surface area contributed by atoms with Crippen LogP contribution in [0, 0.1) is 0 Å². The predicted octanol–water partition coefficient (Wildman–Crippen LogP) is 7.78. The van der Waals surface area contributed by atoms with Crippen molar-refractivity contribution < 1.29 is 0 Å². The minimum absolute atomic E-state index is 0.197. The van der Waals surface area contributed by atoms with Crippen molar-refractivity contribution >= 4 is 0 Å². The summed E-state index contributed by atoms with van der Waals surface area (Å²) in [6.07, 6.45) is 3.81. The fourth-order valence-electron chi connectivity index (χ4n) is 2.41. The summed E-state index contributed by atoms with van der Waals surface area (Å²) in [5.74, 6) is 0. The molecule has 0 aliphatic heterocycles. The van der Waals surface area contributed by atoms with Crippen LogP contribution < -0.4 is 0 Å². The summed E-state index contributed by atoms with van der Waals surface area (Å²) in [6, 6.07) is 7.12. The molecule has 0 radical (unpaired) electrons. The molecule has 0 heteroatoms. The van der Waals surface area contributed by atoms with E-state index in [0.29, 0.717) is 0 Å². The first-order valence-corrected chi connectivity index (χ1v) is 9.46. The number of unbranched alkanes of at least 4 members (excludes halogenated alkanes) is 1. The predicted molar refractivity (Wildman–Crippen MR) is 108 cm³/mol. The molecule has 0 aromatic heterocycles.